The van der Waals surface area contributed by atoms with Gasteiger partial charge in [0.1, 0.15) is 5.60 Å². The van der Waals surface area contributed by atoms with Crippen molar-refractivity contribution in [1.82, 2.24) is 4.67 Å². The van der Waals surface area contributed by atoms with Crippen molar-refractivity contribution in [2.45, 2.75) is 24.5 Å². The molecule has 5 heteroatoms. The summed E-state index contributed by atoms with van der Waals surface area (Å²) in [7, 11) is 0. The summed E-state index contributed by atoms with van der Waals surface area (Å²) in [6.07, 6.45) is 2.04. The van der Waals surface area contributed by atoms with Crippen molar-refractivity contribution in [3.63, 3.8) is 0 Å². The number of nitrogens with zero attached hydrogens (tertiary/aromatic N) is 1. The highest BCUT2D eigenvalue weighted by molar-refractivity contribution is 8.08. The fourth-order valence-corrected chi connectivity index (χ4v) is 6.57. The number of hydrogen-bond donors (Lipinski definition) is 1. The molecule has 0 amide bonds. The Bertz CT molecular complexity index is 682. The van der Waals surface area contributed by atoms with Crippen LogP contribution in [0.5, 0.6) is 0 Å². The van der Waals surface area contributed by atoms with Crippen LogP contribution in [0.15, 0.2) is 60.7 Å². The minimum Gasteiger partial charge on any atom is -0.334 e. The van der Waals surface area contributed by atoms with Crippen LogP contribution in [0.25, 0.3) is 0 Å². The summed E-state index contributed by atoms with van der Waals surface area (Å²) in [5.74, 6) is 0. The molecule has 2 aromatic rings. The minimum absolute atomic E-state index is 0.105. The third-order valence-electron chi connectivity index (χ3n) is 4.69. The highest BCUT2D eigenvalue weighted by atomic mass is 32.5. The van der Waals surface area contributed by atoms with Crippen LogP contribution in [0.4, 0.5) is 0 Å². The van der Waals surface area contributed by atoms with Crippen molar-refractivity contribution in [3.8, 4) is 0 Å². The molecule has 114 valence electrons. The van der Waals surface area contributed by atoms with Gasteiger partial charge in [0.25, 0.3) is 6.64 Å². The van der Waals surface area contributed by atoms with E-state index in [4.69, 9.17) is 16.3 Å². The molecule has 2 unspecified atom stereocenters. The summed E-state index contributed by atoms with van der Waals surface area (Å²) in [6.45, 7) is -2.11. The monoisotopic (exact) mass is 331 g/mol. The second kappa shape index (κ2) is 5.26. The second-order valence-electron chi connectivity index (χ2n) is 5.87. The van der Waals surface area contributed by atoms with E-state index in [1.54, 1.807) is 0 Å². The van der Waals surface area contributed by atoms with E-state index in [2.05, 4.69) is 24.3 Å². The van der Waals surface area contributed by atoms with Gasteiger partial charge < -0.3 is 4.89 Å². The van der Waals surface area contributed by atoms with Crippen LogP contribution in [0.2, 0.25) is 0 Å². The van der Waals surface area contributed by atoms with Crippen LogP contribution < -0.4 is 0 Å². The molecule has 0 radical (unpaired) electrons. The van der Waals surface area contributed by atoms with Crippen LogP contribution in [0.1, 0.15) is 24.0 Å². The summed E-state index contributed by atoms with van der Waals surface area (Å²) in [4.78, 5) is 10.8. The SMILES string of the molecule is OP1(=S)OC(c2ccccc2)(c2ccccc2)C2CCCN21. The largest absolute Gasteiger partial charge is 0.334 e. The standard InChI is InChI=1S/C17H18NO2PS/c19-21(22)18-13-7-12-16(18)17(20-21,14-8-3-1-4-9-14)15-10-5-2-6-11-15/h1-6,8-11,16H,7,12-13H2,(H,19,22). The Morgan fingerprint density at radius 3 is 2.14 bits per heavy atom. The molecule has 0 bridgehead atoms. The Labute approximate surface area is 135 Å². The molecule has 2 heterocycles. The summed E-state index contributed by atoms with van der Waals surface area (Å²) in [5.41, 5.74) is 1.47. The number of hydrogen-bond acceptors (Lipinski definition) is 2. The van der Waals surface area contributed by atoms with Crippen molar-refractivity contribution in [1.29, 1.82) is 0 Å². The maximum absolute atomic E-state index is 10.8. The van der Waals surface area contributed by atoms with E-state index >= 15 is 0 Å². The molecule has 2 atom stereocenters. The van der Waals surface area contributed by atoms with Crippen LogP contribution in [-0.2, 0) is 21.9 Å². The van der Waals surface area contributed by atoms with E-state index in [0.717, 1.165) is 30.5 Å². The zero-order valence-electron chi connectivity index (χ0n) is 12.1. The average Bonchev–Trinajstić information content (AvgIpc) is 3.12. The van der Waals surface area contributed by atoms with E-state index in [9.17, 15) is 4.89 Å². The summed E-state index contributed by atoms with van der Waals surface area (Å²) < 4.78 is 8.31. The summed E-state index contributed by atoms with van der Waals surface area (Å²) in [6, 6.07) is 20.5. The van der Waals surface area contributed by atoms with Crippen LogP contribution in [0.3, 0.4) is 0 Å². The number of rotatable bonds is 2. The van der Waals surface area contributed by atoms with Crippen molar-refractivity contribution in [3.05, 3.63) is 71.8 Å². The zero-order valence-corrected chi connectivity index (χ0v) is 13.8. The highest BCUT2D eigenvalue weighted by Crippen LogP contribution is 2.67. The van der Waals surface area contributed by atoms with Gasteiger partial charge in [0, 0.05) is 6.54 Å². The molecule has 3 nitrogen and oxygen atoms in total. The molecule has 1 N–H and O–H groups in total. The molecule has 2 fully saturated rings. The van der Waals surface area contributed by atoms with Crippen LogP contribution in [-0.4, -0.2) is 22.2 Å². The normalized spacial score (nSPS) is 30.3. The van der Waals surface area contributed by atoms with E-state index in [1.807, 2.05) is 41.1 Å². The van der Waals surface area contributed by atoms with Crippen molar-refractivity contribution < 1.29 is 9.42 Å². The van der Waals surface area contributed by atoms with E-state index in [-0.39, 0.29) is 6.04 Å². The topological polar surface area (TPSA) is 32.7 Å². The molecule has 2 aliphatic rings. The molecule has 2 aromatic carbocycles. The molecule has 0 aliphatic carbocycles. The van der Waals surface area contributed by atoms with Gasteiger partial charge in [-0.25, -0.2) is 4.67 Å². The first-order chi connectivity index (χ1) is 10.6. The Kier molecular flexibility index (Phi) is 3.48. The average molecular weight is 331 g/mol. The molecule has 2 aliphatic heterocycles. The quantitative estimate of drug-likeness (QED) is 0.852. The first kappa shape index (κ1) is 14.6. The zero-order chi connectivity index (χ0) is 15.2. The third kappa shape index (κ3) is 2.03. The lowest BCUT2D eigenvalue weighted by Crippen LogP contribution is -2.40. The van der Waals surface area contributed by atoms with E-state index in [1.165, 1.54) is 0 Å². The maximum atomic E-state index is 10.8. The van der Waals surface area contributed by atoms with Gasteiger partial charge in [0.15, 0.2) is 0 Å². The Morgan fingerprint density at radius 1 is 1.05 bits per heavy atom. The lowest BCUT2D eigenvalue weighted by atomic mass is 9.79. The molecule has 22 heavy (non-hydrogen) atoms. The summed E-state index contributed by atoms with van der Waals surface area (Å²) in [5, 5.41) is 0. The Morgan fingerprint density at radius 2 is 1.59 bits per heavy atom. The highest BCUT2D eigenvalue weighted by Gasteiger charge is 2.59. The third-order valence-corrected chi connectivity index (χ3v) is 7.19. The van der Waals surface area contributed by atoms with Gasteiger partial charge in [0.2, 0.25) is 0 Å². The Hall–Kier alpha value is -1.03. The lowest BCUT2D eigenvalue weighted by molar-refractivity contribution is 0.106. The van der Waals surface area contributed by atoms with Crippen LogP contribution in [0, 0.1) is 0 Å². The molecule has 2 saturated heterocycles. The summed E-state index contributed by atoms with van der Waals surface area (Å²) >= 11 is 5.47. The minimum atomic E-state index is -2.93. The van der Waals surface area contributed by atoms with Gasteiger partial charge >= 0.3 is 0 Å². The molecular weight excluding hydrogens is 313 g/mol. The molecule has 0 spiro atoms. The smallest absolute Gasteiger partial charge is 0.262 e. The maximum Gasteiger partial charge on any atom is 0.262 e. The van der Waals surface area contributed by atoms with Gasteiger partial charge in [0.05, 0.1) is 6.04 Å². The number of fused-ring (bicyclic) bond motifs is 1. The molecule has 0 aromatic heterocycles. The van der Waals surface area contributed by atoms with Gasteiger partial charge in [-0.1, -0.05) is 60.7 Å². The van der Waals surface area contributed by atoms with E-state index < -0.39 is 12.2 Å². The van der Waals surface area contributed by atoms with Gasteiger partial charge in [-0.15, -0.1) is 0 Å². The van der Waals surface area contributed by atoms with Gasteiger partial charge in [-0.3, -0.25) is 4.52 Å². The first-order valence-electron chi connectivity index (χ1n) is 7.56. The molecule has 4 rings (SSSR count). The fourth-order valence-electron chi connectivity index (χ4n) is 3.80. The van der Waals surface area contributed by atoms with E-state index in [0.29, 0.717) is 0 Å². The second-order valence-corrected chi connectivity index (χ2v) is 8.98. The predicted molar refractivity (Wildman–Crippen MR) is 91.0 cm³/mol. The molecular formula is C17H18NO2PS. The number of benzene rings is 2. The molecule has 0 saturated carbocycles. The Balaban J connectivity index is 1.97. The van der Waals surface area contributed by atoms with Crippen molar-refractivity contribution in [2.24, 2.45) is 0 Å². The van der Waals surface area contributed by atoms with Crippen molar-refractivity contribution >= 4 is 18.4 Å². The van der Waals surface area contributed by atoms with Gasteiger partial charge in [-0.05, 0) is 35.8 Å². The lowest BCUT2D eigenvalue weighted by Gasteiger charge is -2.34. The fraction of sp³-hybridized carbons (Fsp3) is 0.294. The first-order valence-corrected chi connectivity index (χ1v) is 10.2. The van der Waals surface area contributed by atoms with Crippen LogP contribution >= 0.6 is 6.64 Å². The van der Waals surface area contributed by atoms with Crippen molar-refractivity contribution in [2.75, 3.05) is 6.54 Å². The predicted octanol–water partition coefficient (Wildman–Crippen LogP) is 3.64. The van der Waals surface area contributed by atoms with Gasteiger partial charge in [-0.2, -0.15) is 0 Å².